The van der Waals surface area contributed by atoms with Crippen molar-refractivity contribution in [2.45, 2.75) is 45.6 Å². The molecule has 2 N–H and O–H groups in total. The molecule has 1 aliphatic rings. The van der Waals surface area contributed by atoms with Crippen molar-refractivity contribution in [1.82, 2.24) is 19.5 Å². The summed E-state index contributed by atoms with van der Waals surface area (Å²) in [6.07, 6.45) is 6.84. The number of hydrogen-bond donors (Lipinski definition) is 2. The van der Waals surface area contributed by atoms with Gasteiger partial charge in [0.25, 0.3) is 5.56 Å². The topological polar surface area (TPSA) is 110 Å². The van der Waals surface area contributed by atoms with E-state index in [1.54, 1.807) is 23.8 Å². The Hall–Kier alpha value is -3.29. The van der Waals surface area contributed by atoms with Gasteiger partial charge in [-0.3, -0.25) is 14.2 Å². The number of hydrogen-bond acceptors (Lipinski definition) is 7. The quantitative estimate of drug-likeness (QED) is 0.669. The molecule has 8 heteroatoms. The van der Waals surface area contributed by atoms with Crippen LogP contribution in [-0.4, -0.2) is 30.4 Å². The van der Waals surface area contributed by atoms with Crippen LogP contribution >= 0.6 is 0 Å². The van der Waals surface area contributed by atoms with Crippen molar-refractivity contribution in [3.63, 3.8) is 0 Å². The van der Waals surface area contributed by atoms with E-state index in [0.717, 1.165) is 25.7 Å². The average Bonchev–Trinajstić information content (AvgIpc) is 3.17. The smallest absolute Gasteiger partial charge is 0.263 e. The minimum Gasteiger partial charge on any atom is -0.506 e. The van der Waals surface area contributed by atoms with Crippen molar-refractivity contribution < 1.29 is 9.90 Å². The van der Waals surface area contributed by atoms with Crippen molar-refractivity contribution in [3.05, 3.63) is 46.0 Å². The van der Waals surface area contributed by atoms with Crippen LogP contribution in [0.2, 0.25) is 0 Å². The largest absolute Gasteiger partial charge is 0.506 e. The number of aryl methyl sites for hydroxylation is 1. The maximum atomic E-state index is 13.2. The molecule has 0 unspecified atom stereocenters. The molecule has 0 aromatic carbocycles. The molecule has 1 saturated carbocycles. The van der Waals surface area contributed by atoms with Crippen LogP contribution in [-0.2, 0) is 0 Å². The van der Waals surface area contributed by atoms with E-state index in [9.17, 15) is 14.7 Å². The lowest BCUT2D eigenvalue weighted by Gasteiger charge is -2.19. The molecule has 4 rings (SSSR count). The van der Waals surface area contributed by atoms with Crippen molar-refractivity contribution in [3.8, 4) is 5.75 Å². The molecule has 0 amide bonds. The van der Waals surface area contributed by atoms with Crippen LogP contribution in [0.3, 0.4) is 0 Å². The van der Waals surface area contributed by atoms with Gasteiger partial charge in [0.1, 0.15) is 17.2 Å². The molecule has 1 aliphatic carbocycles. The first-order chi connectivity index (χ1) is 13.5. The third kappa shape index (κ3) is 3.11. The SMILES string of the molecule is CC(=O)c1c(C)c2cnc(Nc3ccc(O)cn3)nc2n(C2CCCC2)c1=O. The van der Waals surface area contributed by atoms with Crippen LogP contribution in [0.1, 0.15) is 54.6 Å². The summed E-state index contributed by atoms with van der Waals surface area (Å²) in [5.41, 5.74) is 1.06. The number of anilines is 2. The average molecular weight is 379 g/mol. The summed E-state index contributed by atoms with van der Waals surface area (Å²) in [6.45, 7) is 3.18. The Labute approximate surface area is 161 Å². The van der Waals surface area contributed by atoms with E-state index in [1.807, 2.05) is 0 Å². The summed E-state index contributed by atoms with van der Waals surface area (Å²) < 4.78 is 1.67. The Balaban J connectivity index is 1.90. The van der Waals surface area contributed by atoms with Crippen molar-refractivity contribution in [2.24, 2.45) is 0 Å². The van der Waals surface area contributed by atoms with Gasteiger partial charge in [0.15, 0.2) is 5.78 Å². The molecular weight excluding hydrogens is 358 g/mol. The first-order valence-corrected chi connectivity index (χ1v) is 9.30. The maximum absolute atomic E-state index is 13.2. The van der Waals surface area contributed by atoms with E-state index in [1.165, 1.54) is 19.2 Å². The fourth-order valence-corrected chi connectivity index (χ4v) is 3.88. The predicted molar refractivity (Wildman–Crippen MR) is 105 cm³/mol. The van der Waals surface area contributed by atoms with Crippen LogP contribution < -0.4 is 10.9 Å². The molecule has 3 heterocycles. The number of nitrogens with one attached hydrogen (secondary N) is 1. The Bertz CT molecular complexity index is 1120. The lowest BCUT2D eigenvalue weighted by molar-refractivity contribution is 0.101. The van der Waals surface area contributed by atoms with Gasteiger partial charge in [0.2, 0.25) is 5.95 Å². The molecule has 1 fully saturated rings. The lowest BCUT2D eigenvalue weighted by atomic mass is 10.0. The number of pyridine rings is 2. The van der Waals surface area contributed by atoms with Crippen molar-refractivity contribution in [2.75, 3.05) is 5.32 Å². The summed E-state index contributed by atoms with van der Waals surface area (Å²) in [5, 5.41) is 13.1. The summed E-state index contributed by atoms with van der Waals surface area (Å²) >= 11 is 0. The minimum atomic E-state index is -0.281. The summed E-state index contributed by atoms with van der Waals surface area (Å²) in [4.78, 5) is 38.3. The van der Waals surface area contributed by atoms with Gasteiger partial charge in [-0.2, -0.15) is 4.98 Å². The zero-order chi connectivity index (χ0) is 19.8. The fourth-order valence-electron chi connectivity index (χ4n) is 3.88. The zero-order valence-corrected chi connectivity index (χ0v) is 15.8. The molecule has 0 spiro atoms. The highest BCUT2D eigenvalue weighted by Crippen LogP contribution is 2.32. The van der Waals surface area contributed by atoms with Gasteiger partial charge in [-0.25, -0.2) is 9.97 Å². The van der Waals surface area contributed by atoms with Gasteiger partial charge >= 0.3 is 0 Å². The Morgan fingerprint density at radius 3 is 2.61 bits per heavy atom. The first-order valence-electron chi connectivity index (χ1n) is 9.30. The number of fused-ring (bicyclic) bond motifs is 1. The number of carbonyl (C=O) groups is 1. The standard InChI is InChI=1S/C20H21N5O3/c1-11-15-10-22-20(23-16-8-7-14(27)9-21-16)24-18(15)25(13-5-3-4-6-13)19(28)17(11)12(2)26/h7-10,13,27H,3-6H2,1-2H3,(H,21,22,23,24). The van der Waals surface area contributed by atoms with E-state index >= 15 is 0 Å². The normalized spacial score (nSPS) is 14.5. The van der Waals surface area contributed by atoms with Crippen LogP contribution in [0.5, 0.6) is 5.75 Å². The number of rotatable bonds is 4. The Morgan fingerprint density at radius 1 is 1.21 bits per heavy atom. The van der Waals surface area contributed by atoms with Crippen molar-refractivity contribution >= 4 is 28.6 Å². The molecule has 0 aliphatic heterocycles. The van der Waals surface area contributed by atoms with Gasteiger partial charge in [-0.15, -0.1) is 0 Å². The summed E-state index contributed by atoms with van der Waals surface area (Å²) in [6, 6.07) is 3.15. The van der Waals surface area contributed by atoms with Gasteiger partial charge in [-0.1, -0.05) is 12.8 Å². The number of aromatic nitrogens is 4. The number of carbonyl (C=O) groups excluding carboxylic acids is 1. The molecule has 0 radical (unpaired) electrons. The number of nitrogens with zero attached hydrogens (tertiary/aromatic N) is 4. The fraction of sp³-hybridized carbons (Fsp3) is 0.350. The monoisotopic (exact) mass is 379 g/mol. The highest BCUT2D eigenvalue weighted by molar-refractivity contribution is 5.99. The highest BCUT2D eigenvalue weighted by Gasteiger charge is 2.25. The molecule has 144 valence electrons. The third-order valence-electron chi connectivity index (χ3n) is 5.24. The molecular formula is C20H21N5O3. The molecule has 0 saturated heterocycles. The van der Waals surface area contributed by atoms with E-state index < -0.39 is 0 Å². The molecule has 8 nitrogen and oxygen atoms in total. The minimum absolute atomic E-state index is 0.0308. The lowest BCUT2D eigenvalue weighted by Crippen LogP contribution is -2.30. The number of aromatic hydroxyl groups is 1. The predicted octanol–water partition coefficient (Wildman–Crippen LogP) is 3.26. The third-order valence-corrected chi connectivity index (χ3v) is 5.24. The Kier molecular flexibility index (Phi) is 4.54. The number of Topliss-reactive ketones (excluding diaryl/α,β-unsaturated/α-hetero) is 1. The zero-order valence-electron chi connectivity index (χ0n) is 15.8. The second-order valence-corrected chi connectivity index (χ2v) is 7.13. The second-order valence-electron chi connectivity index (χ2n) is 7.13. The van der Waals surface area contributed by atoms with Gasteiger partial charge in [0, 0.05) is 17.6 Å². The summed E-state index contributed by atoms with van der Waals surface area (Å²) in [5.74, 6) is 0.592. The first kappa shape index (κ1) is 18.1. The van der Waals surface area contributed by atoms with E-state index in [0.29, 0.717) is 28.4 Å². The molecule has 3 aromatic rings. The summed E-state index contributed by atoms with van der Waals surface area (Å²) in [7, 11) is 0. The van der Waals surface area contributed by atoms with E-state index in [4.69, 9.17) is 0 Å². The molecule has 28 heavy (non-hydrogen) atoms. The van der Waals surface area contributed by atoms with Gasteiger partial charge in [-0.05, 0) is 44.4 Å². The van der Waals surface area contributed by atoms with Gasteiger partial charge in [0.05, 0.1) is 11.8 Å². The van der Waals surface area contributed by atoms with Crippen LogP contribution in [0.15, 0.2) is 29.3 Å². The van der Waals surface area contributed by atoms with E-state index in [-0.39, 0.29) is 28.7 Å². The molecule has 0 bridgehead atoms. The molecule has 3 aromatic heterocycles. The van der Waals surface area contributed by atoms with Gasteiger partial charge < -0.3 is 10.4 Å². The van der Waals surface area contributed by atoms with Crippen LogP contribution in [0, 0.1) is 6.92 Å². The highest BCUT2D eigenvalue weighted by atomic mass is 16.3. The van der Waals surface area contributed by atoms with E-state index in [2.05, 4.69) is 20.3 Å². The van der Waals surface area contributed by atoms with Crippen LogP contribution in [0.4, 0.5) is 11.8 Å². The Morgan fingerprint density at radius 2 is 1.96 bits per heavy atom. The second kappa shape index (κ2) is 7.03. The number of ketones is 1. The van der Waals surface area contributed by atoms with Crippen molar-refractivity contribution in [1.29, 1.82) is 0 Å². The maximum Gasteiger partial charge on any atom is 0.263 e. The molecule has 0 atom stereocenters. The van der Waals surface area contributed by atoms with Crippen LogP contribution in [0.25, 0.3) is 11.0 Å².